The van der Waals surface area contributed by atoms with Gasteiger partial charge in [0.05, 0.1) is 31.4 Å². The molecule has 1 saturated heterocycles. The van der Waals surface area contributed by atoms with Gasteiger partial charge in [-0.1, -0.05) is 18.2 Å². The molecular weight excluding hydrogens is 484 g/mol. The largest absolute Gasteiger partial charge is 0.493 e. The molecule has 0 aliphatic carbocycles. The molecule has 0 radical (unpaired) electrons. The standard InChI is InChI=1S/C25H34N4O6S/c1-28(2)36(32,33)29-15-7-8-19(17-29)24(30)27-21-10-6-5-9-20(21)25(31)26-14-13-18-11-12-22(34-3)23(16-18)35-4/h5-6,9-12,16,19H,7-8,13-15,17H2,1-4H3,(H,26,31)(H,27,30)/t19-/m0/s1. The monoisotopic (exact) mass is 518 g/mol. The van der Waals surface area contributed by atoms with Crippen molar-refractivity contribution in [1.29, 1.82) is 0 Å². The van der Waals surface area contributed by atoms with Crippen molar-refractivity contribution >= 4 is 27.7 Å². The van der Waals surface area contributed by atoms with Crippen LogP contribution in [0.15, 0.2) is 42.5 Å². The minimum atomic E-state index is -3.59. The van der Waals surface area contributed by atoms with Crippen molar-refractivity contribution in [2.24, 2.45) is 5.92 Å². The first-order valence-corrected chi connectivity index (χ1v) is 13.1. The van der Waals surface area contributed by atoms with Crippen molar-refractivity contribution in [3.05, 3.63) is 53.6 Å². The summed E-state index contributed by atoms with van der Waals surface area (Å²) in [6.45, 7) is 0.867. The maximum atomic E-state index is 13.0. The molecule has 2 aromatic carbocycles. The number of anilines is 1. The van der Waals surface area contributed by atoms with Gasteiger partial charge in [-0.15, -0.1) is 0 Å². The molecule has 2 N–H and O–H groups in total. The number of benzene rings is 2. The molecule has 1 aliphatic heterocycles. The van der Waals surface area contributed by atoms with Crippen LogP contribution in [0, 0.1) is 5.92 Å². The third kappa shape index (κ3) is 6.54. The molecule has 1 heterocycles. The van der Waals surface area contributed by atoms with Crippen molar-refractivity contribution in [2.75, 3.05) is 53.3 Å². The second-order valence-electron chi connectivity index (χ2n) is 8.72. The van der Waals surface area contributed by atoms with E-state index in [4.69, 9.17) is 9.47 Å². The first-order valence-electron chi connectivity index (χ1n) is 11.7. The fourth-order valence-corrected chi connectivity index (χ4v) is 5.26. The molecule has 3 rings (SSSR count). The number of piperidine rings is 1. The highest BCUT2D eigenvalue weighted by Crippen LogP contribution is 2.28. The van der Waals surface area contributed by atoms with Gasteiger partial charge in [0.25, 0.3) is 16.1 Å². The van der Waals surface area contributed by atoms with Crippen LogP contribution < -0.4 is 20.1 Å². The van der Waals surface area contributed by atoms with E-state index in [2.05, 4.69) is 10.6 Å². The molecule has 0 spiro atoms. The second-order valence-corrected chi connectivity index (χ2v) is 10.9. The van der Waals surface area contributed by atoms with E-state index in [0.717, 1.165) is 9.87 Å². The first-order chi connectivity index (χ1) is 17.2. The minimum Gasteiger partial charge on any atom is -0.493 e. The van der Waals surface area contributed by atoms with Gasteiger partial charge in [-0.3, -0.25) is 9.59 Å². The number of carbonyl (C=O) groups is 2. The van der Waals surface area contributed by atoms with Crippen molar-refractivity contribution in [3.8, 4) is 11.5 Å². The molecule has 36 heavy (non-hydrogen) atoms. The summed E-state index contributed by atoms with van der Waals surface area (Å²) in [5.74, 6) is 0.130. The predicted octanol–water partition coefficient (Wildman–Crippen LogP) is 2.13. The molecule has 2 amide bonds. The SMILES string of the molecule is COc1ccc(CCNC(=O)c2ccccc2NC(=O)[C@H]2CCCN(S(=O)(=O)N(C)C)C2)cc1OC. The van der Waals surface area contributed by atoms with E-state index in [9.17, 15) is 18.0 Å². The smallest absolute Gasteiger partial charge is 0.281 e. The Bertz CT molecular complexity index is 1180. The Morgan fingerprint density at radius 1 is 1.08 bits per heavy atom. The van der Waals surface area contributed by atoms with Crippen LogP contribution in [0.3, 0.4) is 0 Å². The number of methoxy groups -OCH3 is 2. The van der Waals surface area contributed by atoms with E-state index in [0.29, 0.717) is 55.1 Å². The Morgan fingerprint density at radius 2 is 1.81 bits per heavy atom. The van der Waals surface area contributed by atoms with Crippen molar-refractivity contribution < 1.29 is 27.5 Å². The van der Waals surface area contributed by atoms with Crippen LogP contribution in [-0.2, 0) is 21.4 Å². The second kappa shape index (κ2) is 12.2. The number of ether oxygens (including phenoxy) is 2. The summed E-state index contributed by atoms with van der Waals surface area (Å²) < 4.78 is 38.0. The van der Waals surface area contributed by atoms with Crippen molar-refractivity contribution in [3.63, 3.8) is 0 Å². The van der Waals surface area contributed by atoms with Crippen molar-refractivity contribution in [2.45, 2.75) is 19.3 Å². The third-order valence-corrected chi connectivity index (χ3v) is 8.03. The number of hydrogen-bond acceptors (Lipinski definition) is 6. The van der Waals surface area contributed by atoms with Gasteiger partial charge in [0.1, 0.15) is 0 Å². The van der Waals surface area contributed by atoms with Crippen LogP contribution in [0.2, 0.25) is 0 Å². The van der Waals surface area contributed by atoms with E-state index in [1.54, 1.807) is 38.5 Å². The zero-order valence-corrected chi connectivity index (χ0v) is 21.9. The average Bonchev–Trinajstić information content (AvgIpc) is 2.88. The fourth-order valence-electron chi connectivity index (χ4n) is 4.07. The number of hydrogen-bond donors (Lipinski definition) is 2. The number of para-hydroxylation sites is 1. The van der Waals surface area contributed by atoms with Crippen LogP contribution in [-0.4, -0.2) is 76.8 Å². The summed E-state index contributed by atoms with van der Waals surface area (Å²) in [6.07, 6.45) is 1.74. The Morgan fingerprint density at radius 3 is 2.50 bits per heavy atom. The summed E-state index contributed by atoms with van der Waals surface area (Å²) >= 11 is 0. The Kier molecular flexibility index (Phi) is 9.30. The van der Waals surface area contributed by atoms with Crippen molar-refractivity contribution in [1.82, 2.24) is 13.9 Å². The molecule has 1 fully saturated rings. The van der Waals surface area contributed by atoms with E-state index < -0.39 is 16.1 Å². The van der Waals surface area contributed by atoms with Gasteiger partial charge in [0.15, 0.2) is 11.5 Å². The van der Waals surface area contributed by atoms with Crippen LogP contribution in [0.5, 0.6) is 11.5 Å². The molecule has 10 nitrogen and oxygen atoms in total. The maximum Gasteiger partial charge on any atom is 0.281 e. The topological polar surface area (TPSA) is 117 Å². The molecule has 11 heteroatoms. The van der Waals surface area contributed by atoms with Crippen LogP contribution >= 0.6 is 0 Å². The number of nitrogens with zero attached hydrogens (tertiary/aromatic N) is 2. The van der Waals surface area contributed by atoms with Gasteiger partial charge >= 0.3 is 0 Å². The Hall–Kier alpha value is -3.15. The highest BCUT2D eigenvalue weighted by Gasteiger charge is 2.33. The summed E-state index contributed by atoms with van der Waals surface area (Å²) in [6, 6.07) is 12.4. The molecule has 1 atom stereocenters. The number of nitrogens with one attached hydrogen (secondary N) is 2. The molecule has 0 aromatic heterocycles. The van der Waals surface area contributed by atoms with E-state index in [1.807, 2.05) is 18.2 Å². The summed E-state index contributed by atoms with van der Waals surface area (Å²) in [5.41, 5.74) is 1.70. The summed E-state index contributed by atoms with van der Waals surface area (Å²) in [5, 5.41) is 5.72. The van der Waals surface area contributed by atoms with Crippen LogP contribution in [0.4, 0.5) is 5.69 Å². The van der Waals surface area contributed by atoms with Gasteiger partial charge in [0, 0.05) is 33.7 Å². The van der Waals surface area contributed by atoms with E-state index in [-0.39, 0.29) is 18.4 Å². The van der Waals surface area contributed by atoms with Crippen LogP contribution in [0.1, 0.15) is 28.8 Å². The maximum absolute atomic E-state index is 13.0. The number of amides is 2. The lowest BCUT2D eigenvalue weighted by molar-refractivity contribution is -0.120. The van der Waals surface area contributed by atoms with Gasteiger partial charge in [-0.25, -0.2) is 0 Å². The molecule has 0 unspecified atom stereocenters. The molecule has 0 bridgehead atoms. The summed E-state index contributed by atoms with van der Waals surface area (Å²) in [4.78, 5) is 25.9. The zero-order valence-electron chi connectivity index (χ0n) is 21.1. The van der Waals surface area contributed by atoms with Gasteiger partial charge in [0.2, 0.25) is 5.91 Å². The van der Waals surface area contributed by atoms with Gasteiger partial charge in [-0.05, 0) is 49.1 Å². The highest BCUT2D eigenvalue weighted by molar-refractivity contribution is 7.86. The minimum absolute atomic E-state index is 0.103. The van der Waals surface area contributed by atoms with E-state index in [1.165, 1.54) is 18.4 Å². The lowest BCUT2D eigenvalue weighted by atomic mass is 9.98. The molecular formula is C25H34N4O6S. The van der Waals surface area contributed by atoms with Gasteiger partial charge in [-0.2, -0.15) is 17.0 Å². The lowest BCUT2D eigenvalue weighted by Crippen LogP contribution is -2.47. The third-order valence-electron chi connectivity index (χ3n) is 6.12. The molecule has 196 valence electrons. The zero-order chi connectivity index (χ0) is 26.3. The highest BCUT2D eigenvalue weighted by atomic mass is 32.2. The summed E-state index contributed by atoms with van der Waals surface area (Å²) in [7, 11) is 2.49. The first kappa shape index (κ1) is 27.4. The fraction of sp³-hybridized carbons (Fsp3) is 0.440. The Labute approximate surface area is 212 Å². The number of carbonyl (C=O) groups excluding carboxylic acids is 2. The van der Waals surface area contributed by atoms with E-state index >= 15 is 0 Å². The molecule has 1 aliphatic rings. The molecule has 0 saturated carbocycles. The lowest BCUT2D eigenvalue weighted by Gasteiger charge is -2.32. The Balaban J connectivity index is 1.62. The normalized spacial score (nSPS) is 16.4. The van der Waals surface area contributed by atoms with Crippen LogP contribution in [0.25, 0.3) is 0 Å². The van der Waals surface area contributed by atoms with Gasteiger partial charge < -0.3 is 20.1 Å². The number of rotatable bonds is 10. The molecule has 2 aromatic rings. The predicted molar refractivity (Wildman–Crippen MR) is 138 cm³/mol. The quantitative estimate of drug-likeness (QED) is 0.498. The average molecular weight is 519 g/mol.